The van der Waals surface area contributed by atoms with Crippen LogP contribution in [0, 0.1) is 0 Å². The minimum absolute atomic E-state index is 0.0486. The van der Waals surface area contributed by atoms with Crippen molar-refractivity contribution in [3.63, 3.8) is 0 Å². The van der Waals surface area contributed by atoms with Crippen molar-refractivity contribution in [1.29, 1.82) is 0 Å². The molecule has 0 bridgehead atoms. The van der Waals surface area contributed by atoms with E-state index < -0.39 is 15.9 Å². The van der Waals surface area contributed by atoms with Crippen molar-refractivity contribution in [2.45, 2.75) is 6.42 Å². The highest BCUT2D eigenvalue weighted by atomic mass is 32.2. The van der Waals surface area contributed by atoms with E-state index in [4.69, 9.17) is 25.5 Å². The molecule has 11 heteroatoms. The first-order valence-corrected chi connectivity index (χ1v) is 9.79. The van der Waals surface area contributed by atoms with Crippen LogP contribution in [0.25, 0.3) is 0 Å². The highest BCUT2D eigenvalue weighted by Crippen LogP contribution is 2.02. The molecule has 0 saturated heterocycles. The number of quaternary nitrogens is 1. The largest absolute Gasteiger partial charge is 0.748 e. The monoisotopic (exact) mass is 390 g/mol. The predicted octanol–water partition coefficient (Wildman–Crippen LogP) is -3.38. The number of hydrogen-bond donors (Lipinski definition) is 5. The van der Waals surface area contributed by atoms with E-state index in [2.05, 4.69) is 0 Å². The van der Waals surface area contributed by atoms with Gasteiger partial charge in [-0.05, 0) is 0 Å². The van der Waals surface area contributed by atoms with Crippen molar-refractivity contribution in [3.05, 3.63) is 0 Å². The van der Waals surface area contributed by atoms with E-state index in [1.807, 2.05) is 7.05 Å². The number of aliphatic hydroxyl groups excluding tert-OH is 5. The van der Waals surface area contributed by atoms with E-state index in [9.17, 15) is 13.0 Å². The lowest BCUT2D eigenvalue weighted by Gasteiger charge is -2.33. The maximum atomic E-state index is 10.2. The maximum absolute atomic E-state index is 10.2. The zero-order chi connectivity index (χ0) is 19.8. The van der Waals surface area contributed by atoms with E-state index in [0.717, 1.165) is 13.0 Å². The van der Waals surface area contributed by atoms with Crippen LogP contribution in [0.3, 0.4) is 0 Å². The Bertz CT molecular complexity index is 382. The maximum Gasteiger partial charge on any atom is 0.102 e. The van der Waals surface area contributed by atoms with Crippen LogP contribution in [0.5, 0.6) is 0 Å². The van der Waals surface area contributed by atoms with E-state index >= 15 is 0 Å². The van der Waals surface area contributed by atoms with Crippen molar-refractivity contribution < 1.29 is 43.0 Å². The van der Waals surface area contributed by atoms with Crippen LogP contribution in [0.2, 0.25) is 0 Å². The van der Waals surface area contributed by atoms with Gasteiger partial charge in [-0.25, -0.2) is 8.42 Å². The molecule has 0 fully saturated rings. The summed E-state index contributed by atoms with van der Waals surface area (Å²) in [4.78, 5) is 1.51. The van der Waals surface area contributed by atoms with Crippen LogP contribution in [0.4, 0.5) is 0 Å². The Labute approximate surface area is 150 Å². The van der Waals surface area contributed by atoms with Gasteiger partial charge in [0.15, 0.2) is 0 Å². The third kappa shape index (κ3) is 18.2. The zero-order valence-electron chi connectivity index (χ0n) is 15.0. The molecule has 0 aliphatic heterocycles. The molecule has 0 atom stereocenters. The first-order chi connectivity index (χ1) is 11.7. The van der Waals surface area contributed by atoms with Crippen molar-refractivity contribution in [1.82, 2.24) is 4.90 Å². The SMILES string of the molecule is C[N+](CCO)(CCO)CCCO.O=S(=O)([O-])CCN(CCO)CCO. The average Bonchev–Trinajstić information content (AvgIpc) is 2.52. The fourth-order valence-corrected chi connectivity index (χ4v) is 2.61. The number of rotatable bonds is 14. The highest BCUT2D eigenvalue weighted by molar-refractivity contribution is 7.85. The third-order valence-corrected chi connectivity index (χ3v) is 4.31. The molecule has 0 heterocycles. The molecule has 0 unspecified atom stereocenters. The molecule has 0 amide bonds. The van der Waals surface area contributed by atoms with Gasteiger partial charge >= 0.3 is 0 Å². The summed E-state index contributed by atoms with van der Waals surface area (Å²) < 4.78 is 31.3. The van der Waals surface area contributed by atoms with Crippen LogP contribution in [0.15, 0.2) is 0 Å². The van der Waals surface area contributed by atoms with Crippen molar-refractivity contribution in [2.24, 2.45) is 0 Å². The summed E-state index contributed by atoms with van der Waals surface area (Å²) in [6.07, 6.45) is 0.719. The van der Waals surface area contributed by atoms with E-state index in [1.54, 1.807) is 0 Å². The lowest BCUT2D eigenvalue weighted by atomic mass is 10.3. The quantitative estimate of drug-likeness (QED) is 0.150. The van der Waals surface area contributed by atoms with Crippen LogP contribution in [-0.2, 0) is 10.1 Å². The third-order valence-electron chi connectivity index (χ3n) is 3.63. The summed E-state index contributed by atoms with van der Waals surface area (Å²) in [7, 11) is -2.24. The second kappa shape index (κ2) is 15.9. The zero-order valence-corrected chi connectivity index (χ0v) is 15.8. The number of likely N-dealkylation sites (N-methyl/N-ethyl adjacent to an activating group) is 1. The van der Waals surface area contributed by atoms with Gasteiger partial charge < -0.3 is 34.6 Å². The van der Waals surface area contributed by atoms with Crippen LogP contribution < -0.4 is 0 Å². The normalized spacial score (nSPS) is 12.2. The average molecular weight is 390 g/mol. The summed E-state index contributed by atoms with van der Waals surface area (Å²) in [5, 5.41) is 43.3. The van der Waals surface area contributed by atoms with Gasteiger partial charge in [-0.1, -0.05) is 0 Å². The summed E-state index contributed by atoms with van der Waals surface area (Å²) >= 11 is 0. The van der Waals surface area contributed by atoms with Gasteiger partial charge in [0.1, 0.15) is 13.1 Å². The molecule has 0 aromatic rings. The van der Waals surface area contributed by atoms with Gasteiger partial charge in [0.05, 0.1) is 55.9 Å². The van der Waals surface area contributed by atoms with Crippen LogP contribution in [-0.4, -0.2) is 133 Å². The Morgan fingerprint density at radius 2 is 1.28 bits per heavy atom. The van der Waals surface area contributed by atoms with Gasteiger partial charge in [-0.15, -0.1) is 0 Å². The fraction of sp³-hybridized carbons (Fsp3) is 1.00. The molecular weight excluding hydrogens is 356 g/mol. The topological polar surface area (TPSA) is 162 Å². The summed E-state index contributed by atoms with van der Waals surface area (Å²) in [5.74, 6) is -0.493. The molecule has 5 N–H and O–H groups in total. The molecular formula is C14H34N2O8S. The highest BCUT2D eigenvalue weighted by Gasteiger charge is 2.18. The summed E-state index contributed by atoms with van der Waals surface area (Å²) in [6.45, 7) is 2.82. The van der Waals surface area contributed by atoms with E-state index in [0.29, 0.717) is 17.6 Å². The number of hydrogen-bond acceptors (Lipinski definition) is 9. The predicted molar refractivity (Wildman–Crippen MR) is 91.8 cm³/mol. The minimum Gasteiger partial charge on any atom is -0.748 e. The Kier molecular flexibility index (Phi) is 17.0. The summed E-state index contributed by atoms with van der Waals surface area (Å²) in [6, 6.07) is 0. The van der Waals surface area contributed by atoms with Crippen LogP contribution >= 0.6 is 0 Å². The smallest absolute Gasteiger partial charge is 0.102 e. The molecule has 10 nitrogen and oxygen atoms in total. The summed E-state index contributed by atoms with van der Waals surface area (Å²) in [5.41, 5.74) is 0. The molecule has 0 aromatic carbocycles. The Morgan fingerprint density at radius 3 is 1.60 bits per heavy atom. The second-order valence-corrected chi connectivity index (χ2v) is 7.39. The minimum atomic E-state index is -4.21. The fourth-order valence-electron chi connectivity index (χ4n) is 2.13. The second-order valence-electron chi connectivity index (χ2n) is 5.87. The lowest BCUT2D eigenvalue weighted by Crippen LogP contribution is -2.48. The first kappa shape index (κ1) is 26.9. The Balaban J connectivity index is 0. The Hall–Kier alpha value is -0.370. The molecule has 154 valence electrons. The van der Waals surface area contributed by atoms with Crippen LogP contribution in [0.1, 0.15) is 6.42 Å². The van der Waals surface area contributed by atoms with Crippen molar-refractivity contribution >= 4 is 10.1 Å². The molecule has 0 saturated carbocycles. The van der Waals surface area contributed by atoms with Gasteiger partial charge in [0.2, 0.25) is 0 Å². The lowest BCUT2D eigenvalue weighted by molar-refractivity contribution is -0.910. The molecule has 0 radical (unpaired) electrons. The van der Waals surface area contributed by atoms with E-state index in [1.165, 1.54) is 4.90 Å². The van der Waals surface area contributed by atoms with Crippen molar-refractivity contribution in [3.8, 4) is 0 Å². The van der Waals surface area contributed by atoms with Gasteiger partial charge in [0.25, 0.3) is 0 Å². The first-order valence-electron chi connectivity index (χ1n) is 8.21. The van der Waals surface area contributed by atoms with Gasteiger partial charge in [-0.2, -0.15) is 0 Å². The Morgan fingerprint density at radius 1 is 0.800 bits per heavy atom. The molecule has 0 rings (SSSR count). The van der Waals surface area contributed by atoms with Gasteiger partial charge in [-0.3, -0.25) is 4.90 Å². The molecule has 0 spiro atoms. The van der Waals surface area contributed by atoms with Crippen molar-refractivity contribution in [2.75, 3.05) is 85.1 Å². The molecule has 0 aliphatic carbocycles. The standard InChI is InChI=1S/C8H20NO3.C6H15NO5S/c1-9(4-7-11,5-8-12)3-2-6-10;8-4-1-7(2-5-9)3-6-13(10,11)12/h10-12H,2-8H2,1H3;8-9H,1-6H2,(H,10,11,12)/q+1;/p-1. The molecule has 0 aliphatic rings. The molecule has 25 heavy (non-hydrogen) atoms. The molecule has 0 aromatic heterocycles. The number of aliphatic hydroxyl groups is 5. The number of nitrogens with zero attached hydrogens (tertiary/aromatic N) is 2. The van der Waals surface area contributed by atoms with E-state index in [-0.39, 0.29) is 52.7 Å². The van der Waals surface area contributed by atoms with Gasteiger partial charge in [0, 0.05) is 32.7 Å².